The molecule has 9 nitrogen and oxygen atoms in total. The normalized spacial score (nSPS) is 22.4. The van der Waals surface area contributed by atoms with E-state index in [4.69, 9.17) is 23.2 Å². The van der Waals surface area contributed by atoms with E-state index in [2.05, 4.69) is 10.6 Å². The highest BCUT2D eigenvalue weighted by Crippen LogP contribution is 2.35. The van der Waals surface area contributed by atoms with Gasteiger partial charge in [0, 0.05) is 41.0 Å². The van der Waals surface area contributed by atoms with Crippen molar-refractivity contribution in [2.45, 2.75) is 57.8 Å². The number of allylic oxidation sites excluding steroid dienone is 1. The van der Waals surface area contributed by atoms with Gasteiger partial charge < -0.3 is 21.3 Å². The summed E-state index contributed by atoms with van der Waals surface area (Å²) in [6, 6.07) is 10.4. The van der Waals surface area contributed by atoms with Crippen LogP contribution in [-0.2, 0) is 14.4 Å². The molecule has 230 valence electrons. The summed E-state index contributed by atoms with van der Waals surface area (Å²) in [4.78, 5) is 41.4. The molecule has 2 aromatic rings. The van der Waals surface area contributed by atoms with Gasteiger partial charge in [0.05, 0.1) is 11.7 Å². The first-order chi connectivity index (χ1) is 20.3. The van der Waals surface area contributed by atoms with E-state index in [1.807, 2.05) is 26.0 Å². The summed E-state index contributed by atoms with van der Waals surface area (Å²) in [5.74, 6) is 4.74. The van der Waals surface area contributed by atoms with Gasteiger partial charge in [-0.25, -0.2) is 5.84 Å². The Morgan fingerprint density at radius 3 is 2.51 bits per heavy atom. The fourth-order valence-corrected chi connectivity index (χ4v) is 5.44. The van der Waals surface area contributed by atoms with Gasteiger partial charge in [-0.2, -0.15) is 13.2 Å². The number of hydrogen-bond acceptors (Lipinski definition) is 6. The summed E-state index contributed by atoms with van der Waals surface area (Å²) in [5.41, 5.74) is 6.13. The van der Waals surface area contributed by atoms with Crippen LogP contribution in [0.2, 0.25) is 5.02 Å². The molecule has 0 saturated heterocycles. The molecule has 2 aliphatic rings. The van der Waals surface area contributed by atoms with Crippen LogP contribution in [0.5, 0.6) is 0 Å². The number of nitrogens with one attached hydrogen (secondary N) is 2. The van der Waals surface area contributed by atoms with Gasteiger partial charge in [-0.15, -0.1) is 0 Å². The molecule has 4 rings (SSSR count). The van der Waals surface area contributed by atoms with Crippen LogP contribution in [-0.4, -0.2) is 41.4 Å². The van der Waals surface area contributed by atoms with E-state index >= 15 is 0 Å². The topological polar surface area (TPSA) is 134 Å². The number of fused-ring (bicyclic) bond motifs is 1. The van der Waals surface area contributed by atoms with Crippen LogP contribution in [0.1, 0.15) is 56.7 Å². The van der Waals surface area contributed by atoms with Gasteiger partial charge in [0.1, 0.15) is 11.7 Å². The van der Waals surface area contributed by atoms with E-state index < -0.39 is 29.9 Å². The summed E-state index contributed by atoms with van der Waals surface area (Å²) < 4.78 is 39.1. The van der Waals surface area contributed by atoms with Gasteiger partial charge in [-0.3, -0.25) is 19.4 Å². The van der Waals surface area contributed by atoms with Gasteiger partial charge in [0.15, 0.2) is 0 Å². The molecule has 2 aromatic carbocycles. The third kappa shape index (κ3) is 7.49. The molecule has 0 saturated carbocycles. The van der Waals surface area contributed by atoms with Crippen LogP contribution in [0.25, 0.3) is 5.57 Å². The first-order valence-corrected chi connectivity index (χ1v) is 14.2. The minimum Gasteiger partial charge on any atom is -0.393 e. The third-order valence-corrected chi connectivity index (χ3v) is 7.91. The minimum absolute atomic E-state index is 0.122. The van der Waals surface area contributed by atoms with Gasteiger partial charge in [0.25, 0.3) is 0 Å². The standard InChI is InChI=1S/C30H34ClF3N6O3/c1-17-6-5-9-25(29(43)37-18(2)21-7-3-4-8-23(21)38-28(17)42)39-13-12-19(14-27(39)41)22-15-20(31)10-11-24(22)40(36)16-26(35)30(32,33)34/h3-4,7-8,10-11,14-18,25H,5-6,9,12-13,35-36H2,1-2H3,(H,37,43)(H,38,42)/b26-16-. The molecule has 3 atom stereocenters. The average molecular weight is 619 g/mol. The Labute approximate surface area is 252 Å². The lowest BCUT2D eigenvalue weighted by Crippen LogP contribution is -2.51. The highest BCUT2D eigenvalue weighted by Gasteiger charge is 2.34. The van der Waals surface area contributed by atoms with Crippen LogP contribution < -0.4 is 27.2 Å². The Bertz CT molecular complexity index is 1460. The smallest absolute Gasteiger partial charge is 0.393 e. The summed E-state index contributed by atoms with van der Waals surface area (Å²) in [7, 11) is 0. The van der Waals surface area contributed by atoms with Crippen molar-refractivity contribution in [1.29, 1.82) is 0 Å². The van der Waals surface area contributed by atoms with Crippen LogP contribution in [0, 0.1) is 5.92 Å². The number of alkyl halides is 3. The number of amides is 3. The number of hydrogen-bond donors (Lipinski definition) is 4. The maximum Gasteiger partial charge on any atom is 0.432 e. The van der Waals surface area contributed by atoms with Gasteiger partial charge >= 0.3 is 6.18 Å². The number of carbonyl (C=O) groups is 3. The second-order valence-corrected chi connectivity index (χ2v) is 11.2. The van der Waals surface area contributed by atoms with Crippen molar-refractivity contribution >= 4 is 46.3 Å². The largest absolute Gasteiger partial charge is 0.432 e. The van der Waals surface area contributed by atoms with E-state index in [-0.39, 0.29) is 36.4 Å². The monoisotopic (exact) mass is 618 g/mol. The molecule has 3 amide bonds. The Balaban J connectivity index is 1.62. The number of halogens is 4. The molecular formula is C30H34ClF3N6O3. The van der Waals surface area contributed by atoms with Gasteiger partial charge in [-0.1, -0.05) is 43.1 Å². The highest BCUT2D eigenvalue weighted by molar-refractivity contribution is 6.31. The highest BCUT2D eigenvalue weighted by atomic mass is 35.5. The van der Waals surface area contributed by atoms with Crippen molar-refractivity contribution in [1.82, 2.24) is 10.2 Å². The number of hydrazine groups is 1. The predicted molar refractivity (Wildman–Crippen MR) is 159 cm³/mol. The maximum absolute atomic E-state index is 13.6. The molecule has 2 aliphatic heterocycles. The average Bonchev–Trinajstić information content (AvgIpc) is 2.94. The fraction of sp³-hybridized carbons (Fsp3) is 0.367. The SMILES string of the molecule is CC1CCCC(N2CCC(c3cc(Cl)ccc3N(N)/C=C(\N)C(F)(F)F)=CC2=O)C(=O)NC(C)c2ccccc2NC1=O. The summed E-state index contributed by atoms with van der Waals surface area (Å²) in [6.07, 6.45) is -1.21. The van der Waals surface area contributed by atoms with Crippen LogP contribution in [0.15, 0.2) is 60.4 Å². The Hall–Kier alpha value is -4.03. The summed E-state index contributed by atoms with van der Waals surface area (Å²) in [5, 5.41) is 6.99. The first kappa shape index (κ1) is 31.9. The number of carbonyl (C=O) groups excluding carboxylic acids is 3. The van der Waals surface area contributed by atoms with Crippen LogP contribution in [0.3, 0.4) is 0 Å². The fourth-order valence-electron chi connectivity index (χ4n) is 5.27. The Morgan fingerprint density at radius 1 is 1.09 bits per heavy atom. The summed E-state index contributed by atoms with van der Waals surface area (Å²) >= 11 is 6.20. The molecule has 0 spiro atoms. The van der Waals surface area contributed by atoms with Crippen molar-refractivity contribution in [3.63, 3.8) is 0 Å². The maximum atomic E-state index is 13.6. The van der Waals surface area contributed by atoms with E-state index in [9.17, 15) is 27.6 Å². The Kier molecular flexibility index (Phi) is 9.71. The quantitative estimate of drug-likeness (QED) is 0.281. The second-order valence-electron chi connectivity index (χ2n) is 10.8. The van der Waals surface area contributed by atoms with Gasteiger partial charge in [-0.05, 0) is 61.6 Å². The molecule has 6 N–H and O–H groups in total. The van der Waals surface area contributed by atoms with E-state index in [1.165, 1.54) is 29.2 Å². The number of anilines is 2. The number of nitrogens with two attached hydrogens (primary N) is 2. The number of nitrogens with zero attached hydrogens (tertiary/aromatic N) is 2. The van der Waals surface area contributed by atoms with Gasteiger partial charge in [0.2, 0.25) is 17.7 Å². The lowest BCUT2D eigenvalue weighted by molar-refractivity contribution is -0.138. The lowest BCUT2D eigenvalue weighted by Gasteiger charge is -2.35. The van der Waals surface area contributed by atoms with Crippen LogP contribution >= 0.6 is 11.6 Å². The third-order valence-electron chi connectivity index (χ3n) is 7.68. The van der Waals surface area contributed by atoms with E-state index in [0.717, 1.165) is 10.6 Å². The van der Waals surface area contributed by atoms with Crippen molar-refractivity contribution in [2.24, 2.45) is 17.5 Å². The predicted octanol–water partition coefficient (Wildman–Crippen LogP) is 5.00. The molecule has 0 aromatic heterocycles. The lowest BCUT2D eigenvalue weighted by atomic mass is 9.94. The van der Waals surface area contributed by atoms with Crippen molar-refractivity contribution < 1.29 is 27.6 Å². The molecule has 0 radical (unpaired) electrons. The molecule has 0 aliphatic carbocycles. The van der Waals surface area contributed by atoms with Crippen LogP contribution in [0.4, 0.5) is 24.5 Å². The van der Waals surface area contributed by atoms with Crippen molar-refractivity contribution in [3.8, 4) is 0 Å². The molecular weight excluding hydrogens is 585 g/mol. The first-order valence-electron chi connectivity index (χ1n) is 13.9. The number of rotatable bonds is 4. The van der Waals surface area contributed by atoms with Crippen molar-refractivity contribution in [3.05, 3.63) is 76.6 Å². The van der Waals surface area contributed by atoms with Crippen molar-refractivity contribution in [2.75, 3.05) is 16.9 Å². The zero-order chi connectivity index (χ0) is 31.5. The molecule has 43 heavy (non-hydrogen) atoms. The number of benzene rings is 2. The van der Waals surface area contributed by atoms with E-state index in [1.54, 1.807) is 12.1 Å². The number of para-hydroxylation sites is 1. The van der Waals surface area contributed by atoms with E-state index in [0.29, 0.717) is 47.3 Å². The Morgan fingerprint density at radius 2 is 1.81 bits per heavy atom. The molecule has 2 heterocycles. The summed E-state index contributed by atoms with van der Waals surface area (Å²) in [6.45, 7) is 3.80. The molecule has 0 bridgehead atoms. The molecule has 3 unspecified atom stereocenters. The zero-order valence-corrected chi connectivity index (χ0v) is 24.5. The molecule has 0 fully saturated rings. The molecule has 13 heteroatoms. The zero-order valence-electron chi connectivity index (χ0n) is 23.7. The minimum atomic E-state index is -4.78. The second kappa shape index (κ2) is 13.1.